The first kappa shape index (κ1) is 9.93. The molecule has 0 saturated carbocycles. The highest BCUT2D eigenvalue weighted by Gasteiger charge is 2.06. The average Bonchev–Trinajstić information content (AvgIpc) is 2.67. The summed E-state index contributed by atoms with van der Waals surface area (Å²) < 4.78 is 2.04. The summed E-state index contributed by atoms with van der Waals surface area (Å²) in [6.07, 6.45) is 5.10. The van der Waals surface area contributed by atoms with Crippen LogP contribution in [-0.4, -0.2) is 14.7 Å². The van der Waals surface area contributed by atoms with Crippen LogP contribution in [0.3, 0.4) is 0 Å². The second-order valence-corrected chi connectivity index (χ2v) is 3.59. The van der Waals surface area contributed by atoms with Crippen LogP contribution in [-0.2, 0) is 6.54 Å². The van der Waals surface area contributed by atoms with Crippen molar-refractivity contribution in [2.45, 2.75) is 19.6 Å². The monoisotopic (exact) mass is 202 g/mol. The van der Waals surface area contributed by atoms with E-state index in [1.54, 1.807) is 19.3 Å². The van der Waals surface area contributed by atoms with Gasteiger partial charge in [-0.25, -0.2) is 0 Å². The first-order valence-electron chi connectivity index (χ1n) is 4.99. The Balaban J connectivity index is 2.21. The lowest BCUT2D eigenvalue weighted by Crippen LogP contribution is -2.05. The van der Waals surface area contributed by atoms with E-state index in [0.29, 0.717) is 0 Å². The lowest BCUT2D eigenvalue weighted by atomic mass is 10.2. The highest BCUT2D eigenvalue weighted by atomic mass is 16.3. The molecule has 3 heteroatoms. The molecule has 0 radical (unpaired) electrons. The van der Waals surface area contributed by atoms with Crippen molar-refractivity contribution in [3.63, 3.8) is 0 Å². The van der Waals surface area contributed by atoms with Gasteiger partial charge in [-0.3, -0.25) is 4.98 Å². The van der Waals surface area contributed by atoms with Gasteiger partial charge in [0.2, 0.25) is 0 Å². The molecule has 15 heavy (non-hydrogen) atoms. The van der Waals surface area contributed by atoms with Gasteiger partial charge in [0.1, 0.15) is 0 Å². The molecule has 3 nitrogen and oxygen atoms in total. The van der Waals surface area contributed by atoms with Gasteiger partial charge in [0, 0.05) is 30.8 Å². The molecule has 2 heterocycles. The van der Waals surface area contributed by atoms with E-state index in [4.69, 9.17) is 0 Å². The predicted octanol–water partition coefficient (Wildman–Crippen LogP) is 1.98. The van der Waals surface area contributed by atoms with Crippen molar-refractivity contribution in [2.24, 2.45) is 0 Å². The van der Waals surface area contributed by atoms with E-state index < -0.39 is 6.10 Å². The number of aliphatic hydroxyl groups excluding tert-OH is 1. The van der Waals surface area contributed by atoms with Crippen LogP contribution in [0.15, 0.2) is 42.9 Å². The van der Waals surface area contributed by atoms with Crippen LogP contribution >= 0.6 is 0 Å². The zero-order valence-electron chi connectivity index (χ0n) is 8.67. The fraction of sp³-hybridized carbons (Fsp3) is 0.250. The molecule has 1 unspecified atom stereocenters. The van der Waals surface area contributed by atoms with Gasteiger partial charge in [0.15, 0.2) is 0 Å². The summed E-state index contributed by atoms with van der Waals surface area (Å²) in [5, 5.41) is 9.54. The Labute approximate surface area is 89.0 Å². The molecule has 2 aromatic heterocycles. The number of hydrogen-bond acceptors (Lipinski definition) is 2. The van der Waals surface area contributed by atoms with Gasteiger partial charge in [0.25, 0.3) is 0 Å². The summed E-state index contributed by atoms with van der Waals surface area (Å²) >= 11 is 0. The Morgan fingerprint density at radius 2 is 2.07 bits per heavy atom. The minimum atomic E-state index is -0.429. The first-order valence-corrected chi connectivity index (χ1v) is 4.99. The normalized spacial score (nSPS) is 12.7. The van der Waals surface area contributed by atoms with Gasteiger partial charge in [-0.05, 0) is 36.8 Å². The summed E-state index contributed by atoms with van der Waals surface area (Å²) in [7, 11) is 0. The molecule has 0 aliphatic heterocycles. The fourth-order valence-electron chi connectivity index (χ4n) is 1.64. The maximum Gasteiger partial charge on any atom is 0.0911 e. The molecule has 0 spiro atoms. The molecule has 0 bridgehead atoms. The van der Waals surface area contributed by atoms with Crippen LogP contribution < -0.4 is 0 Å². The molecule has 2 aromatic rings. The topological polar surface area (TPSA) is 38.0 Å². The number of aliphatic hydroxyl groups is 1. The molecule has 78 valence electrons. The smallest absolute Gasteiger partial charge is 0.0911 e. The quantitative estimate of drug-likeness (QED) is 0.826. The van der Waals surface area contributed by atoms with Gasteiger partial charge in [-0.15, -0.1) is 0 Å². The lowest BCUT2D eigenvalue weighted by Gasteiger charge is -2.10. The number of aromatic nitrogens is 2. The van der Waals surface area contributed by atoms with Crippen LogP contribution in [0.5, 0.6) is 0 Å². The van der Waals surface area contributed by atoms with E-state index in [0.717, 1.165) is 12.2 Å². The van der Waals surface area contributed by atoms with Crippen LogP contribution in [0.1, 0.15) is 24.3 Å². The summed E-state index contributed by atoms with van der Waals surface area (Å²) in [6.45, 7) is 2.55. The fourth-order valence-corrected chi connectivity index (χ4v) is 1.64. The highest BCUT2D eigenvalue weighted by molar-refractivity contribution is 5.15. The third kappa shape index (κ3) is 2.25. The molecule has 0 aromatic carbocycles. The molecular weight excluding hydrogens is 188 g/mol. The SMILES string of the molecule is CC(O)c1cccn1Cc1ccncc1. The molecule has 2 rings (SSSR count). The van der Waals surface area contributed by atoms with E-state index in [-0.39, 0.29) is 0 Å². The number of nitrogens with zero attached hydrogens (tertiary/aromatic N) is 2. The molecule has 0 aliphatic carbocycles. The Kier molecular flexibility index (Phi) is 2.83. The van der Waals surface area contributed by atoms with E-state index in [1.807, 2.05) is 35.0 Å². The van der Waals surface area contributed by atoms with E-state index in [1.165, 1.54) is 5.56 Å². The van der Waals surface area contributed by atoms with E-state index in [9.17, 15) is 5.11 Å². The van der Waals surface area contributed by atoms with Crippen molar-refractivity contribution in [1.82, 2.24) is 9.55 Å². The minimum Gasteiger partial charge on any atom is -0.387 e. The standard InChI is InChI=1S/C12H14N2O/c1-10(15)12-3-2-8-14(12)9-11-4-6-13-7-5-11/h2-8,10,15H,9H2,1H3. The Bertz CT molecular complexity index is 420. The van der Waals surface area contributed by atoms with Gasteiger partial charge in [0.05, 0.1) is 6.10 Å². The second kappa shape index (κ2) is 4.28. The largest absolute Gasteiger partial charge is 0.387 e. The number of rotatable bonds is 3. The summed E-state index contributed by atoms with van der Waals surface area (Å²) in [4.78, 5) is 3.97. The van der Waals surface area contributed by atoms with Gasteiger partial charge < -0.3 is 9.67 Å². The van der Waals surface area contributed by atoms with Crippen molar-refractivity contribution in [3.8, 4) is 0 Å². The van der Waals surface area contributed by atoms with Crippen molar-refractivity contribution in [2.75, 3.05) is 0 Å². The van der Waals surface area contributed by atoms with Crippen LogP contribution in [0.4, 0.5) is 0 Å². The van der Waals surface area contributed by atoms with E-state index in [2.05, 4.69) is 4.98 Å². The summed E-state index contributed by atoms with van der Waals surface area (Å²) in [6, 6.07) is 7.84. The van der Waals surface area contributed by atoms with Crippen molar-refractivity contribution in [1.29, 1.82) is 0 Å². The summed E-state index contributed by atoms with van der Waals surface area (Å²) in [5.74, 6) is 0. The minimum absolute atomic E-state index is 0.429. The van der Waals surface area contributed by atoms with Crippen molar-refractivity contribution in [3.05, 3.63) is 54.1 Å². The van der Waals surface area contributed by atoms with Gasteiger partial charge >= 0.3 is 0 Å². The maximum atomic E-state index is 9.54. The molecular formula is C12H14N2O. The maximum absolute atomic E-state index is 9.54. The van der Waals surface area contributed by atoms with Crippen molar-refractivity contribution >= 4 is 0 Å². The first-order chi connectivity index (χ1) is 7.27. The summed E-state index contributed by atoms with van der Waals surface area (Å²) in [5.41, 5.74) is 2.12. The van der Waals surface area contributed by atoms with Gasteiger partial charge in [-0.1, -0.05) is 0 Å². The third-order valence-electron chi connectivity index (χ3n) is 2.39. The number of hydrogen-bond donors (Lipinski definition) is 1. The molecule has 0 amide bonds. The third-order valence-corrected chi connectivity index (χ3v) is 2.39. The molecule has 1 atom stereocenters. The van der Waals surface area contributed by atoms with E-state index >= 15 is 0 Å². The molecule has 0 aliphatic rings. The average molecular weight is 202 g/mol. The molecule has 1 N–H and O–H groups in total. The van der Waals surface area contributed by atoms with Crippen molar-refractivity contribution < 1.29 is 5.11 Å². The zero-order valence-corrected chi connectivity index (χ0v) is 8.67. The van der Waals surface area contributed by atoms with Crippen LogP contribution in [0, 0.1) is 0 Å². The Hall–Kier alpha value is -1.61. The number of pyridine rings is 1. The Morgan fingerprint density at radius 1 is 1.33 bits per heavy atom. The van der Waals surface area contributed by atoms with Crippen LogP contribution in [0.2, 0.25) is 0 Å². The zero-order chi connectivity index (χ0) is 10.7. The van der Waals surface area contributed by atoms with Gasteiger partial charge in [-0.2, -0.15) is 0 Å². The predicted molar refractivity (Wildman–Crippen MR) is 58.4 cm³/mol. The highest BCUT2D eigenvalue weighted by Crippen LogP contribution is 2.14. The lowest BCUT2D eigenvalue weighted by molar-refractivity contribution is 0.190. The van der Waals surface area contributed by atoms with Crippen LogP contribution in [0.25, 0.3) is 0 Å². The second-order valence-electron chi connectivity index (χ2n) is 3.59. The molecule has 0 fully saturated rings. The Morgan fingerprint density at radius 3 is 2.73 bits per heavy atom. The molecule has 0 saturated heterocycles.